The topological polar surface area (TPSA) is 42.0 Å². The normalized spacial score (nSPS) is 16.9. The number of nitrogens with zero attached hydrogens (tertiary/aromatic N) is 1. The molecule has 1 N–H and O–H groups in total. The zero-order valence-corrected chi connectivity index (χ0v) is 12.1. The number of benzene rings is 1. The minimum Gasteiger partial charge on any atom is -0.344 e. The molecule has 1 saturated carbocycles. The Balaban J connectivity index is 1.93. The van der Waals surface area contributed by atoms with E-state index >= 15 is 0 Å². The molecule has 19 heavy (non-hydrogen) atoms. The van der Waals surface area contributed by atoms with Crippen LogP contribution in [0.4, 0.5) is 0 Å². The van der Waals surface area contributed by atoms with Crippen LogP contribution in [-0.4, -0.2) is 21.8 Å². The van der Waals surface area contributed by atoms with Gasteiger partial charge in [-0.05, 0) is 30.7 Å². The van der Waals surface area contributed by atoms with Gasteiger partial charge in [0.05, 0.1) is 5.54 Å². The molecule has 1 aliphatic carbocycles. The maximum Gasteiger partial charge on any atom is 0.270 e. The molecule has 1 aliphatic rings. The number of rotatable bonds is 3. The standard InChI is InChI=1S/C15H15BrN2O/c16-10-15(7-3-8-15)18-14(19)13-12-5-2-1-4-11(12)6-9-17-13/h1-2,4-6,9H,3,7-8,10H2,(H,18,19). The molecule has 0 radical (unpaired) electrons. The summed E-state index contributed by atoms with van der Waals surface area (Å²) in [7, 11) is 0. The van der Waals surface area contributed by atoms with E-state index in [1.165, 1.54) is 6.42 Å². The first-order chi connectivity index (χ1) is 9.24. The molecule has 1 aromatic heterocycles. The summed E-state index contributed by atoms with van der Waals surface area (Å²) >= 11 is 3.50. The van der Waals surface area contributed by atoms with Crippen LogP contribution in [0.1, 0.15) is 29.8 Å². The van der Waals surface area contributed by atoms with E-state index in [-0.39, 0.29) is 11.4 Å². The fourth-order valence-corrected chi connectivity index (χ4v) is 3.20. The predicted molar refractivity (Wildman–Crippen MR) is 79.6 cm³/mol. The zero-order valence-electron chi connectivity index (χ0n) is 10.5. The highest BCUT2D eigenvalue weighted by molar-refractivity contribution is 9.09. The molecule has 98 valence electrons. The van der Waals surface area contributed by atoms with Gasteiger partial charge in [0.1, 0.15) is 5.69 Å². The molecule has 0 saturated heterocycles. The van der Waals surface area contributed by atoms with Gasteiger partial charge in [0.15, 0.2) is 0 Å². The van der Waals surface area contributed by atoms with Crippen LogP contribution in [0.25, 0.3) is 10.8 Å². The van der Waals surface area contributed by atoms with Gasteiger partial charge in [-0.1, -0.05) is 40.2 Å². The van der Waals surface area contributed by atoms with Crippen molar-refractivity contribution in [1.29, 1.82) is 0 Å². The Morgan fingerprint density at radius 3 is 2.79 bits per heavy atom. The van der Waals surface area contributed by atoms with Crippen molar-refractivity contribution in [3.63, 3.8) is 0 Å². The van der Waals surface area contributed by atoms with Crippen LogP contribution in [-0.2, 0) is 0 Å². The molecule has 0 spiro atoms. The molecule has 0 bridgehead atoms. The smallest absolute Gasteiger partial charge is 0.270 e. The van der Waals surface area contributed by atoms with Gasteiger partial charge in [0.25, 0.3) is 5.91 Å². The zero-order chi connectivity index (χ0) is 13.3. The average molecular weight is 319 g/mol. The van der Waals surface area contributed by atoms with Crippen molar-refractivity contribution in [3.8, 4) is 0 Å². The summed E-state index contributed by atoms with van der Waals surface area (Å²) in [5.74, 6) is -0.0732. The molecule has 1 heterocycles. The van der Waals surface area contributed by atoms with Crippen LogP contribution in [0.2, 0.25) is 0 Å². The molecule has 3 nitrogen and oxygen atoms in total. The Morgan fingerprint density at radius 2 is 2.11 bits per heavy atom. The van der Waals surface area contributed by atoms with E-state index in [1.807, 2.05) is 30.3 Å². The van der Waals surface area contributed by atoms with Gasteiger partial charge in [-0.25, -0.2) is 0 Å². The van der Waals surface area contributed by atoms with Crippen molar-refractivity contribution in [2.45, 2.75) is 24.8 Å². The number of hydrogen-bond acceptors (Lipinski definition) is 2. The van der Waals surface area contributed by atoms with E-state index in [0.717, 1.165) is 28.9 Å². The lowest BCUT2D eigenvalue weighted by Crippen LogP contribution is -2.55. The van der Waals surface area contributed by atoms with Crippen LogP contribution in [0, 0.1) is 0 Å². The number of pyridine rings is 1. The number of hydrogen-bond donors (Lipinski definition) is 1. The third kappa shape index (κ3) is 2.25. The van der Waals surface area contributed by atoms with Gasteiger partial charge in [-0.2, -0.15) is 0 Å². The minimum atomic E-state index is -0.0737. The molecule has 0 aliphatic heterocycles. The highest BCUT2D eigenvalue weighted by Crippen LogP contribution is 2.33. The molecule has 2 aromatic rings. The monoisotopic (exact) mass is 318 g/mol. The number of carbonyl (C=O) groups is 1. The number of fused-ring (bicyclic) bond motifs is 1. The summed E-state index contributed by atoms with van der Waals surface area (Å²) in [6.45, 7) is 0. The maximum absolute atomic E-state index is 12.4. The van der Waals surface area contributed by atoms with Gasteiger partial charge >= 0.3 is 0 Å². The van der Waals surface area contributed by atoms with Crippen molar-refractivity contribution < 1.29 is 4.79 Å². The van der Waals surface area contributed by atoms with Crippen molar-refractivity contribution in [1.82, 2.24) is 10.3 Å². The Hall–Kier alpha value is -1.42. The van der Waals surface area contributed by atoms with Crippen LogP contribution < -0.4 is 5.32 Å². The highest BCUT2D eigenvalue weighted by atomic mass is 79.9. The van der Waals surface area contributed by atoms with Crippen molar-refractivity contribution in [2.75, 3.05) is 5.33 Å². The lowest BCUT2D eigenvalue weighted by molar-refractivity contribution is 0.0853. The van der Waals surface area contributed by atoms with Gasteiger partial charge in [0.2, 0.25) is 0 Å². The fraction of sp³-hybridized carbons (Fsp3) is 0.333. The second-order valence-corrected chi connectivity index (χ2v) is 5.66. The van der Waals surface area contributed by atoms with E-state index in [4.69, 9.17) is 0 Å². The second-order valence-electron chi connectivity index (χ2n) is 5.10. The average Bonchev–Trinajstić information content (AvgIpc) is 2.42. The first kappa shape index (κ1) is 12.6. The van der Waals surface area contributed by atoms with Gasteiger partial charge in [0, 0.05) is 16.9 Å². The lowest BCUT2D eigenvalue weighted by Gasteiger charge is -2.41. The number of halogens is 1. The van der Waals surface area contributed by atoms with Gasteiger partial charge in [-0.15, -0.1) is 0 Å². The molecular formula is C15H15BrN2O. The van der Waals surface area contributed by atoms with E-state index in [0.29, 0.717) is 5.69 Å². The predicted octanol–water partition coefficient (Wildman–Crippen LogP) is 3.28. The van der Waals surface area contributed by atoms with Gasteiger partial charge in [-0.3, -0.25) is 9.78 Å². The number of alkyl halides is 1. The summed E-state index contributed by atoms with van der Waals surface area (Å²) in [5, 5.41) is 5.90. The van der Waals surface area contributed by atoms with E-state index in [2.05, 4.69) is 26.2 Å². The van der Waals surface area contributed by atoms with Gasteiger partial charge < -0.3 is 5.32 Å². The summed E-state index contributed by atoms with van der Waals surface area (Å²) in [6.07, 6.45) is 4.94. The molecule has 0 unspecified atom stereocenters. The Bertz CT molecular complexity index is 612. The first-order valence-electron chi connectivity index (χ1n) is 6.46. The van der Waals surface area contributed by atoms with Crippen LogP contribution in [0.5, 0.6) is 0 Å². The lowest BCUT2D eigenvalue weighted by atomic mass is 9.78. The Kier molecular flexibility index (Phi) is 3.27. The van der Waals surface area contributed by atoms with Crippen molar-refractivity contribution in [2.24, 2.45) is 0 Å². The first-order valence-corrected chi connectivity index (χ1v) is 7.58. The Labute approximate surface area is 120 Å². The van der Waals surface area contributed by atoms with Crippen LogP contribution >= 0.6 is 15.9 Å². The largest absolute Gasteiger partial charge is 0.344 e. The fourth-order valence-electron chi connectivity index (χ4n) is 2.50. The molecule has 0 atom stereocenters. The maximum atomic E-state index is 12.4. The third-order valence-corrected chi connectivity index (χ3v) is 4.91. The van der Waals surface area contributed by atoms with Crippen molar-refractivity contribution >= 4 is 32.6 Å². The van der Waals surface area contributed by atoms with E-state index < -0.39 is 0 Å². The Morgan fingerprint density at radius 1 is 1.32 bits per heavy atom. The number of aromatic nitrogens is 1. The second kappa shape index (κ2) is 4.93. The van der Waals surface area contributed by atoms with E-state index in [1.54, 1.807) is 6.20 Å². The number of amides is 1. The quantitative estimate of drug-likeness (QED) is 0.882. The highest BCUT2D eigenvalue weighted by Gasteiger charge is 2.37. The van der Waals surface area contributed by atoms with E-state index in [9.17, 15) is 4.79 Å². The third-order valence-electron chi connectivity index (χ3n) is 3.83. The summed E-state index contributed by atoms with van der Waals surface area (Å²) < 4.78 is 0. The molecule has 4 heteroatoms. The minimum absolute atomic E-state index is 0.0732. The molecular weight excluding hydrogens is 304 g/mol. The summed E-state index contributed by atoms with van der Waals surface area (Å²) in [5.41, 5.74) is 0.445. The molecule has 3 rings (SSSR count). The van der Waals surface area contributed by atoms with Crippen LogP contribution in [0.15, 0.2) is 36.5 Å². The van der Waals surface area contributed by atoms with Crippen molar-refractivity contribution in [3.05, 3.63) is 42.2 Å². The SMILES string of the molecule is O=C(NC1(CBr)CCC1)c1nccc2ccccc12. The summed E-state index contributed by atoms with van der Waals surface area (Å²) in [4.78, 5) is 16.7. The molecule has 1 fully saturated rings. The number of nitrogens with one attached hydrogen (secondary N) is 1. The number of carbonyl (C=O) groups excluding carboxylic acids is 1. The molecule has 1 amide bonds. The molecule has 1 aromatic carbocycles. The summed E-state index contributed by atoms with van der Waals surface area (Å²) in [6, 6.07) is 9.77. The van der Waals surface area contributed by atoms with Crippen LogP contribution in [0.3, 0.4) is 0 Å².